The van der Waals surface area contributed by atoms with Crippen LogP contribution >= 0.6 is 24.0 Å². The zero-order valence-corrected chi connectivity index (χ0v) is 17.8. The van der Waals surface area contributed by atoms with Crippen LogP contribution < -0.4 is 10.6 Å². The Hall–Kier alpha value is -1.55. The van der Waals surface area contributed by atoms with Gasteiger partial charge in [0.05, 0.1) is 20.3 Å². The molecule has 1 aliphatic rings. The Morgan fingerprint density at radius 1 is 1.27 bits per heavy atom. The highest BCUT2D eigenvalue weighted by Gasteiger charge is 2.23. The van der Waals surface area contributed by atoms with Crippen molar-refractivity contribution in [2.45, 2.75) is 25.5 Å². The molecule has 0 aromatic heterocycles. The first-order chi connectivity index (χ1) is 12.2. The Labute approximate surface area is 172 Å². The third kappa shape index (κ3) is 7.77. The fraction of sp³-hybridized carbons (Fsp3) is 0.556. The quantitative estimate of drug-likeness (QED) is 0.285. The highest BCUT2D eigenvalue weighted by Crippen LogP contribution is 2.11. The Morgan fingerprint density at radius 2 is 1.96 bits per heavy atom. The van der Waals surface area contributed by atoms with Crippen LogP contribution in [-0.4, -0.2) is 63.4 Å². The van der Waals surface area contributed by atoms with Gasteiger partial charge in [0.15, 0.2) is 5.96 Å². The number of carbonyl (C=O) groups is 1. The van der Waals surface area contributed by atoms with Gasteiger partial charge in [0, 0.05) is 32.7 Å². The number of likely N-dealkylation sites (tertiary alicyclic amines) is 1. The number of ether oxygens (including phenoxy) is 2. The van der Waals surface area contributed by atoms with E-state index >= 15 is 0 Å². The highest BCUT2D eigenvalue weighted by atomic mass is 127. The van der Waals surface area contributed by atoms with Crippen molar-refractivity contribution in [1.29, 1.82) is 0 Å². The zero-order chi connectivity index (χ0) is 17.9. The van der Waals surface area contributed by atoms with Gasteiger partial charge in [-0.1, -0.05) is 30.3 Å². The molecule has 2 rings (SSSR count). The number of amides is 1. The maximum Gasteiger partial charge on any atom is 0.409 e. The molecular formula is C18H29IN4O3. The molecule has 0 atom stereocenters. The van der Waals surface area contributed by atoms with E-state index in [2.05, 4.69) is 27.8 Å². The number of benzene rings is 1. The van der Waals surface area contributed by atoms with Gasteiger partial charge in [-0.15, -0.1) is 24.0 Å². The molecule has 7 nitrogen and oxygen atoms in total. The third-order valence-corrected chi connectivity index (χ3v) is 4.14. The van der Waals surface area contributed by atoms with Gasteiger partial charge in [0.1, 0.15) is 0 Å². The summed E-state index contributed by atoms with van der Waals surface area (Å²) < 4.78 is 10.4. The van der Waals surface area contributed by atoms with Crippen molar-refractivity contribution in [2.24, 2.45) is 4.99 Å². The molecule has 0 radical (unpaired) electrons. The van der Waals surface area contributed by atoms with Gasteiger partial charge in [-0.05, 0) is 18.4 Å². The number of nitrogens with zero attached hydrogens (tertiary/aromatic N) is 2. The van der Waals surface area contributed by atoms with E-state index in [0.717, 1.165) is 18.8 Å². The molecule has 1 aliphatic heterocycles. The molecule has 1 fully saturated rings. The number of methoxy groups -OCH3 is 1. The van der Waals surface area contributed by atoms with Gasteiger partial charge < -0.3 is 25.0 Å². The molecular weight excluding hydrogens is 447 g/mol. The maximum atomic E-state index is 11.5. The largest absolute Gasteiger partial charge is 0.453 e. The molecule has 0 bridgehead atoms. The first kappa shape index (κ1) is 22.5. The predicted molar refractivity (Wildman–Crippen MR) is 113 cm³/mol. The van der Waals surface area contributed by atoms with Crippen molar-refractivity contribution in [3.8, 4) is 0 Å². The summed E-state index contributed by atoms with van der Waals surface area (Å²) in [6, 6.07) is 10.4. The van der Waals surface area contributed by atoms with Gasteiger partial charge in [0.25, 0.3) is 0 Å². The predicted octanol–water partition coefficient (Wildman–Crippen LogP) is 2.22. The lowest BCUT2D eigenvalue weighted by molar-refractivity contribution is 0.111. The van der Waals surface area contributed by atoms with Crippen LogP contribution in [0.3, 0.4) is 0 Å². The van der Waals surface area contributed by atoms with Crippen LogP contribution in [-0.2, 0) is 16.1 Å². The third-order valence-electron chi connectivity index (χ3n) is 4.14. The van der Waals surface area contributed by atoms with Crippen molar-refractivity contribution >= 4 is 36.0 Å². The zero-order valence-electron chi connectivity index (χ0n) is 15.4. The summed E-state index contributed by atoms with van der Waals surface area (Å²) in [7, 11) is 3.17. The average Bonchev–Trinajstić information content (AvgIpc) is 2.67. The van der Waals surface area contributed by atoms with E-state index < -0.39 is 0 Å². The molecule has 1 aromatic rings. The molecule has 26 heavy (non-hydrogen) atoms. The number of rotatable bonds is 6. The SMILES string of the molecule is CN=C(NCCOCc1ccccc1)NC1CCN(C(=O)OC)CC1.I. The van der Waals surface area contributed by atoms with Crippen molar-refractivity contribution in [1.82, 2.24) is 15.5 Å². The summed E-state index contributed by atoms with van der Waals surface area (Å²) >= 11 is 0. The molecule has 0 unspecified atom stereocenters. The second-order valence-corrected chi connectivity index (χ2v) is 5.91. The minimum absolute atomic E-state index is 0. The lowest BCUT2D eigenvalue weighted by atomic mass is 10.1. The van der Waals surface area contributed by atoms with Crippen molar-refractivity contribution in [3.63, 3.8) is 0 Å². The maximum absolute atomic E-state index is 11.5. The molecule has 1 amide bonds. The standard InChI is InChI=1S/C18H28N4O3.HI/c1-19-17(20-10-13-25-14-15-6-4-3-5-7-15)21-16-8-11-22(12-9-16)18(23)24-2;/h3-7,16H,8-14H2,1-2H3,(H2,19,20,21);1H. The second-order valence-electron chi connectivity index (χ2n) is 5.91. The lowest BCUT2D eigenvalue weighted by Crippen LogP contribution is -2.50. The van der Waals surface area contributed by atoms with Crippen LogP contribution in [0, 0.1) is 0 Å². The smallest absolute Gasteiger partial charge is 0.409 e. The van der Waals surface area contributed by atoms with Crippen molar-refractivity contribution in [3.05, 3.63) is 35.9 Å². The van der Waals surface area contributed by atoms with Gasteiger partial charge in [-0.2, -0.15) is 0 Å². The number of hydrogen-bond donors (Lipinski definition) is 2. The Bertz CT molecular complexity index is 549. The highest BCUT2D eigenvalue weighted by molar-refractivity contribution is 14.0. The van der Waals surface area contributed by atoms with Crippen LogP contribution in [0.15, 0.2) is 35.3 Å². The molecule has 1 aromatic carbocycles. The molecule has 0 aliphatic carbocycles. The Morgan fingerprint density at radius 3 is 2.58 bits per heavy atom. The van der Waals surface area contributed by atoms with Gasteiger partial charge in [-0.3, -0.25) is 4.99 Å². The van der Waals surface area contributed by atoms with Crippen LogP contribution in [0.1, 0.15) is 18.4 Å². The number of guanidine groups is 1. The van der Waals surface area contributed by atoms with Crippen LogP contribution in [0.25, 0.3) is 0 Å². The van der Waals surface area contributed by atoms with Crippen molar-refractivity contribution < 1.29 is 14.3 Å². The van der Waals surface area contributed by atoms with Crippen LogP contribution in [0.4, 0.5) is 4.79 Å². The normalized spacial score (nSPS) is 15.2. The molecule has 8 heteroatoms. The molecule has 146 valence electrons. The van der Waals surface area contributed by atoms with Gasteiger partial charge >= 0.3 is 6.09 Å². The van der Waals surface area contributed by atoms with E-state index in [-0.39, 0.29) is 30.1 Å². The lowest BCUT2D eigenvalue weighted by Gasteiger charge is -2.32. The van der Waals surface area contributed by atoms with Gasteiger partial charge in [-0.25, -0.2) is 4.79 Å². The number of carbonyl (C=O) groups excluding carboxylic acids is 1. The number of piperidine rings is 1. The minimum Gasteiger partial charge on any atom is -0.453 e. The first-order valence-electron chi connectivity index (χ1n) is 8.64. The first-order valence-corrected chi connectivity index (χ1v) is 8.64. The number of aliphatic imine (C=N–C) groups is 1. The summed E-state index contributed by atoms with van der Waals surface area (Å²) in [6.07, 6.45) is 1.50. The molecule has 2 N–H and O–H groups in total. The van der Waals surface area contributed by atoms with E-state index in [1.807, 2.05) is 18.2 Å². The van der Waals surface area contributed by atoms with E-state index in [1.54, 1.807) is 11.9 Å². The molecule has 1 saturated heterocycles. The fourth-order valence-corrected chi connectivity index (χ4v) is 2.73. The average molecular weight is 476 g/mol. The summed E-state index contributed by atoms with van der Waals surface area (Å²) in [5.74, 6) is 0.764. The minimum atomic E-state index is -0.253. The van der Waals surface area contributed by atoms with Crippen LogP contribution in [0.2, 0.25) is 0 Å². The summed E-state index contributed by atoms with van der Waals surface area (Å²) in [6.45, 7) is 3.30. The van der Waals surface area contributed by atoms with Crippen LogP contribution in [0.5, 0.6) is 0 Å². The van der Waals surface area contributed by atoms with E-state index in [4.69, 9.17) is 9.47 Å². The number of halogens is 1. The summed E-state index contributed by atoms with van der Waals surface area (Å²) in [4.78, 5) is 17.5. The monoisotopic (exact) mass is 476 g/mol. The Kier molecular flexibility index (Phi) is 11.0. The van der Waals surface area contributed by atoms with E-state index in [1.165, 1.54) is 12.7 Å². The summed E-state index contributed by atoms with van der Waals surface area (Å²) in [5, 5.41) is 6.65. The number of hydrogen-bond acceptors (Lipinski definition) is 4. The summed E-state index contributed by atoms with van der Waals surface area (Å²) in [5.41, 5.74) is 1.17. The van der Waals surface area contributed by atoms with Gasteiger partial charge in [0.2, 0.25) is 0 Å². The van der Waals surface area contributed by atoms with E-state index in [9.17, 15) is 4.79 Å². The topological polar surface area (TPSA) is 75.2 Å². The fourth-order valence-electron chi connectivity index (χ4n) is 2.73. The van der Waals surface area contributed by atoms with E-state index in [0.29, 0.717) is 38.9 Å². The second kappa shape index (κ2) is 12.7. The number of nitrogens with one attached hydrogen (secondary N) is 2. The Balaban J connectivity index is 0.00000338. The molecule has 1 heterocycles. The molecule has 0 saturated carbocycles. The van der Waals surface area contributed by atoms with Crippen molar-refractivity contribution in [2.75, 3.05) is 40.4 Å². The molecule has 0 spiro atoms.